The molecule has 0 radical (unpaired) electrons. The highest BCUT2D eigenvalue weighted by atomic mass is 32.1. The molecule has 1 aromatic heterocycles. The minimum atomic E-state index is -0.168. The molecule has 4 heteroatoms. The molecule has 1 aliphatic rings. The zero-order valence-electron chi connectivity index (χ0n) is 9.52. The fourth-order valence-electron chi connectivity index (χ4n) is 2.23. The monoisotopic (exact) mass is 238 g/mol. The van der Waals surface area contributed by atoms with Gasteiger partial charge in [-0.15, -0.1) is 0 Å². The number of aromatic amines is 1. The lowest BCUT2D eigenvalue weighted by Gasteiger charge is -2.34. The summed E-state index contributed by atoms with van der Waals surface area (Å²) < 4.78 is 0.759. The number of H-pyrrole nitrogens is 1. The van der Waals surface area contributed by atoms with E-state index in [0.29, 0.717) is 6.04 Å². The average Bonchev–Trinajstić information content (AvgIpc) is 2.29. The largest absolute Gasteiger partial charge is 0.392 e. The van der Waals surface area contributed by atoms with Crippen LogP contribution in [0.15, 0.2) is 18.3 Å². The molecule has 1 saturated heterocycles. The van der Waals surface area contributed by atoms with E-state index in [1.54, 1.807) is 0 Å². The Kier molecular flexibility index (Phi) is 3.74. The van der Waals surface area contributed by atoms with Crippen LogP contribution in [0.4, 0.5) is 0 Å². The van der Waals surface area contributed by atoms with Gasteiger partial charge in [0.15, 0.2) is 0 Å². The van der Waals surface area contributed by atoms with Crippen LogP contribution in [0.5, 0.6) is 0 Å². The summed E-state index contributed by atoms with van der Waals surface area (Å²) in [5.74, 6) is 0. The topological polar surface area (TPSA) is 39.3 Å². The van der Waals surface area contributed by atoms with E-state index in [1.807, 2.05) is 12.3 Å². The summed E-state index contributed by atoms with van der Waals surface area (Å²) in [5, 5.41) is 9.65. The van der Waals surface area contributed by atoms with Crippen molar-refractivity contribution in [3.05, 3.63) is 28.5 Å². The van der Waals surface area contributed by atoms with Crippen molar-refractivity contribution in [1.82, 2.24) is 9.88 Å². The van der Waals surface area contributed by atoms with Crippen LogP contribution >= 0.6 is 12.2 Å². The molecular weight excluding hydrogens is 220 g/mol. The predicted octanol–water partition coefficient (Wildman–Crippen LogP) is 2.26. The highest BCUT2D eigenvalue weighted by Gasteiger charge is 2.22. The molecule has 2 N–H and O–H groups in total. The van der Waals surface area contributed by atoms with Gasteiger partial charge >= 0.3 is 0 Å². The van der Waals surface area contributed by atoms with Crippen LogP contribution in [0.1, 0.15) is 31.4 Å². The normalized spacial score (nSPS) is 24.2. The van der Waals surface area contributed by atoms with E-state index in [-0.39, 0.29) is 6.10 Å². The molecule has 0 unspecified atom stereocenters. The number of likely N-dealkylation sites (tertiary alicyclic amines) is 1. The van der Waals surface area contributed by atoms with Crippen LogP contribution in [-0.4, -0.2) is 34.2 Å². The number of piperidine rings is 1. The Morgan fingerprint density at radius 2 is 2.38 bits per heavy atom. The number of nitrogens with one attached hydrogen (secondary N) is 1. The fraction of sp³-hybridized carbons (Fsp3) is 0.583. The zero-order chi connectivity index (χ0) is 11.5. The Balaban J connectivity index is 2.08. The average molecular weight is 238 g/mol. The molecule has 16 heavy (non-hydrogen) atoms. The Morgan fingerprint density at radius 1 is 1.56 bits per heavy atom. The second kappa shape index (κ2) is 5.08. The van der Waals surface area contributed by atoms with Gasteiger partial charge in [0.25, 0.3) is 0 Å². The minimum Gasteiger partial charge on any atom is -0.392 e. The number of aliphatic hydroxyl groups excluding tert-OH is 1. The smallest absolute Gasteiger partial charge is 0.103 e. The predicted molar refractivity (Wildman–Crippen MR) is 66.9 cm³/mol. The number of nitrogens with zero attached hydrogens (tertiary/aromatic N) is 1. The van der Waals surface area contributed by atoms with Gasteiger partial charge < -0.3 is 10.1 Å². The van der Waals surface area contributed by atoms with Crippen molar-refractivity contribution in [3.63, 3.8) is 0 Å². The van der Waals surface area contributed by atoms with Crippen molar-refractivity contribution in [3.8, 4) is 0 Å². The van der Waals surface area contributed by atoms with Crippen LogP contribution < -0.4 is 0 Å². The van der Waals surface area contributed by atoms with Crippen LogP contribution in [0, 0.1) is 4.64 Å². The van der Waals surface area contributed by atoms with Crippen LogP contribution in [0.3, 0.4) is 0 Å². The molecule has 0 amide bonds. The molecule has 0 aliphatic carbocycles. The van der Waals surface area contributed by atoms with Crippen molar-refractivity contribution >= 4 is 12.2 Å². The van der Waals surface area contributed by atoms with Crippen molar-refractivity contribution in [2.45, 2.75) is 31.9 Å². The molecule has 2 atom stereocenters. The Morgan fingerprint density at radius 3 is 3.00 bits per heavy atom. The lowest BCUT2D eigenvalue weighted by Crippen LogP contribution is -2.39. The minimum absolute atomic E-state index is 0.168. The molecule has 2 rings (SSSR count). The van der Waals surface area contributed by atoms with Gasteiger partial charge in [-0.1, -0.05) is 18.3 Å². The second-order valence-electron chi connectivity index (χ2n) is 4.45. The zero-order valence-corrected chi connectivity index (χ0v) is 10.3. The third-order valence-electron chi connectivity index (χ3n) is 3.27. The highest BCUT2D eigenvalue weighted by Crippen LogP contribution is 2.23. The van der Waals surface area contributed by atoms with Crippen molar-refractivity contribution in [2.24, 2.45) is 0 Å². The molecule has 2 heterocycles. The van der Waals surface area contributed by atoms with Crippen LogP contribution in [-0.2, 0) is 0 Å². The molecule has 0 aromatic carbocycles. The van der Waals surface area contributed by atoms with Gasteiger partial charge in [-0.2, -0.15) is 0 Å². The molecule has 0 spiro atoms. The first-order valence-electron chi connectivity index (χ1n) is 5.77. The molecule has 0 saturated carbocycles. The Labute approximate surface area is 101 Å². The number of β-amino-alcohol motifs (C(OH)–C–C–N with tert-alkyl or cyclic N) is 1. The number of hydrogen-bond acceptors (Lipinski definition) is 3. The van der Waals surface area contributed by atoms with Gasteiger partial charge in [0.2, 0.25) is 0 Å². The van der Waals surface area contributed by atoms with Gasteiger partial charge in [-0.05, 0) is 37.9 Å². The summed E-state index contributed by atoms with van der Waals surface area (Å²) in [5.41, 5.74) is 1.22. The molecule has 1 aliphatic heterocycles. The van der Waals surface area contributed by atoms with E-state index in [4.69, 9.17) is 12.2 Å². The summed E-state index contributed by atoms with van der Waals surface area (Å²) in [6, 6.07) is 4.31. The standard InChI is InChI=1S/C12H18N2OS/c1-9(10-4-5-12(16)13-7-10)14-6-2-3-11(15)8-14/h4-5,7,9,11,15H,2-3,6,8H2,1H3,(H,13,16)/t9-,11-/m0/s1. The number of rotatable bonds is 2. The fourth-order valence-corrected chi connectivity index (χ4v) is 2.36. The van der Waals surface area contributed by atoms with Crippen molar-refractivity contribution < 1.29 is 5.11 Å². The number of aromatic nitrogens is 1. The second-order valence-corrected chi connectivity index (χ2v) is 4.89. The third-order valence-corrected chi connectivity index (χ3v) is 3.52. The summed E-state index contributed by atoms with van der Waals surface area (Å²) in [6.07, 6.45) is 3.81. The van der Waals surface area contributed by atoms with Gasteiger partial charge in [0, 0.05) is 18.8 Å². The van der Waals surface area contributed by atoms with Crippen LogP contribution in [0.2, 0.25) is 0 Å². The molecule has 3 nitrogen and oxygen atoms in total. The summed E-state index contributed by atoms with van der Waals surface area (Å²) in [7, 11) is 0. The maximum atomic E-state index is 9.65. The highest BCUT2D eigenvalue weighted by molar-refractivity contribution is 7.71. The number of aliphatic hydroxyl groups is 1. The van der Waals surface area contributed by atoms with Crippen molar-refractivity contribution in [2.75, 3.05) is 13.1 Å². The van der Waals surface area contributed by atoms with Crippen molar-refractivity contribution in [1.29, 1.82) is 0 Å². The van der Waals surface area contributed by atoms with E-state index >= 15 is 0 Å². The first-order valence-corrected chi connectivity index (χ1v) is 6.18. The first kappa shape index (κ1) is 11.8. The molecular formula is C12H18N2OS. The molecule has 0 bridgehead atoms. The maximum absolute atomic E-state index is 9.65. The third kappa shape index (κ3) is 2.70. The van der Waals surface area contributed by atoms with E-state index in [2.05, 4.69) is 22.9 Å². The molecule has 1 fully saturated rings. The Bertz CT molecular complexity index is 384. The van der Waals surface area contributed by atoms with Crippen LogP contribution in [0.25, 0.3) is 0 Å². The van der Waals surface area contributed by atoms with Gasteiger partial charge in [0.05, 0.1) is 6.10 Å². The van der Waals surface area contributed by atoms with Gasteiger partial charge in [-0.25, -0.2) is 0 Å². The SMILES string of the molecule is C[C@@H](c1ccc(=S)[nH]c1)N1CCC[C@H](O)C1. The number of pyridine rings is 1. The lowest BCUT2D eigenvalue weighted by molar-refractivity contribution is 0.0503. The van der Waals surface area contributed by atoms with E-state index in [9.17, 15) is 5.11 Å². The summed E-state index contributed by atoms with van der Waals surface area (Å²) in [4.78, 5) is 5.38. The van der Waals surface area contributed by atoms with Gasteiger partial charge in [0.1, 0.15) is 4.64 Å². The van der Waals surface area contributed by atoms with E-state index < -0.39 is 0 Å². The Hall–Kier alpha value is -0.710. The molecule has 1 aromatic rings. The summed E-state index contributed by atoms with van der Waals surface area (Å²) >= 11 is 5.02. The first-order chi connectivity index (χ1) is 7.66. The lowest BCUT2D eigenvalue weighted by atomic mass is 10.0. The van der Waals surface area contributed by atoms with Gasteiger partial charge in [-0.3, -0.25) is 4.90 Å². The van der Waals surface area contributed by atoms with E-state index in [0.717, 1.165) is 30.6 Å². The van der Waals surface area contributed by atoms with E-state index in [1.165, 1.54) is 5.56 Å². The summed E-state index contributed by atoms with van der Waals surface area (Å²) in [6.45, 7) is 4.01. The molecule has 88 valence electrons. The maximum Gasteiger partial charge on any atom is 0.103 e. The quantitative estimate of drug-likeness (QED) is 0.776. The number of hydrogen-bond donors (Lipinski definition) is 2.